The van der Waals surface area contributed by atoms with Gasteiger partial charge in [0.15, 0.2) is 11.5 Å². The minimum Gasteiger partial charge on any atom is -0.493 e. The first-order chi connectivity index (χ1) is 14.6. The molecule has 8 nitrogen and oxygen atoms in total. The highest BCUT2D eigenvalue weighted by molar-refractivity contribution is 5.86. The molecule has 8 heteroatoms. The zero-order chi connectivity index (χ0) is 21.1. The molecule has 2 saturated heterocycles. The molecule has 0 N–H and O–H groups in total. The van der Waals surface area contributed by atoms with E-state index in [0.717, 1.165) is 18.4 Å². The van der Waals surface area contributed by atoms with Crippen molar-refractivity contribution in [3.63, 3.8) is 0 Å². The van der Waals surface area contributed by atoms with Gasteiger partial charge in [0.1, 0.15) is 6.54 Å². The lowest BCUT2D eigenvalue weighted by Crippen LogP contribution is -2.50. The van der Waals surface area contributed by atoms with Crippen LogP contribution in [0.3, 0.4) is 0 Å². The molecule has 3 heterocycles. The second-order valence-electron chi connectivity index (χ2n) is 8.03. The fraction of sp³-hybridized carbons (Fsp3) is 0.500. The van der Waals surface area contributed by atoms with Gasteiger partial charge in [-0.2, -0.15) is 5.10 Å². The lowest BCUT2D eigenvalue weighted by atomic mass is 9.78. The fourth-order valence-corrected chi connectivity index (χ4v) is 4.68. The maximum atomic E-state index is 13.5. The van der Waals surface area contributed by atoms with Crippen LogP contribution in [-0.4, -0.2) is 65.2 Å². The van der Waals surface area contributed by atoms with Gasteiger partial charge in [-0.05, 0) is 31.4 Å². The number of amides is 2. The number of benzene rings is 1. The molecule has 0 saturated carbocycles. The van der Waals surface area contributed by atoms with Crippen LogP contribution in [0.25, 0.3) is 0 Å². The van der Waals surface area contributed by atoms with Crippen LogP contribution in [0, 0.1) is 5.41 Å². The van der Waals surface area contributed by atoms with Gasteiger partial charge in [0.05, 0.1) is 19.6 Å². The minimum absolute atomic E-state index is 0.00923. The first kappa shape index (κ1) is 20.3. The highest BCUT2D eigenvalue weighted by Crippen LogP contribution is 2.41. The quantitative estimate of drug-likeness (QED) is 0.725. The summed E-state index contributed by atoms with van der Waals surface area (Å²) < 4.78 is 12.5. The average molecular weight is 412 g/mol. The largest absolute Gasteiger partial charge is 0.493 e. The van der Waals surface area contributed by atoms with Crippen LogP contribution < -0.4 is 9.47 Å². The second kappa shape index (κ2) is 8.38. The van der Waals surface area contributed by atoms with Crippen molar-refractivity contribution in [1.29, 1.82) is 0 Å². The van der Waals surface area contributed by atoms with Crippen molar-refractivity contribution in [2.24, 2.45) is 5.41 Å². The molecule has 1 spiro atoms. The second-order valence-corrected chi connectivity index (χ2v) is 8.03. The van der Waals surface area contributed by atoms with Crippen molar-refractivity contribution in [2.75, 3.05) is 33.9 Å². The molecule has 1 atom stereocenters. The van der Waals surface area contributed by atoms with Crippen LogP contribution in [0.4, 0.5) is 0 Å². The Hall–Kier alpha value is -3.03. The van der Waals surface area contributed by atoms with Gasteiger partial charge >= 0.3 is 0 Å². The molecule has 1 aromatic carbocycles. The minimum atomic E-state index is -0.482. The number of nitrogens with zero attached hydrogens (tertiary/aromatic N) is 4. The van der Waals surface area contributed by atoms with E-state index in [4.69, 9.17) is 9.47 Å². The van der Waals surface area contributed by atoms with E-state index in [9.17, 15) is 9.59 Å². The van der Waals surface area contributed by atoms with Gasteiger partial charge < -0.3 is 19.3 Å². The molecule has 0 radical (unpaired) electrons. The smallest absolute Gasteiger partial charge is 0.244 e. The Morgan fingerprint density at radius 3 is 2.77 bits per heavy atom. The third-order valence-electron chi connectivity index (χ3n) is 6.23. The molecule has 160 valence electrons. The first-order valence-corrected chi connectivity index (χ1v) is 10.3. The SMILES string of the molecule is COc1cccc(CN2CCC[C@@]3(CCN(C(=O)Cn4cccn4)C3)C2=O)c1OC. The summed E-state index contributed by atoms with van der Waals surface area (Å²) >= 11 is 0. The van der Waals surface area contributed by atoms with Crippen molar-refractivity contribution < 1.29 is 19.1 Å². The number of methoxy groups -OCH3 is 2. The number of rotatable bonds is 6. The Balaban J connectivity index is 1.47. The van der Waals surface area contributed by atoms with Crippen LogP contribution in [-0.2, 0) is 22.7 Å². The molecular formula is C22H28N4O4. The summed E-state index contributed by atoms with van der Waals surface area (Å²) in [4.78, 5) is 29.9. The van der Waals surface area contributed by atoms with E-state index in [1.165, 1.54) is 0 Å². The monoisotopic (exact) mass is 412 g/mol. The van der Waals surface area contributed by atoms with Gasteiger partial charge in [-0.15, -0.1) is 0 Å². The summed E-state index contributed by atoms with van der Waals surface area (Å²) in [6, 6.07) is 7.52. The first-order valence-electron chi connectivity index (χ1n) is 10.3. The molecule has 2 aliphatic rings. The Morgan fingerprint density at radius 1 is 1.17 bits per heavy atom. The Labute approximate surface area is 176 Å². The van der Waals surface area contributed by atoms with E-state index in [1.807, 2.05) is 28.0 Å². The topological polar surface area (TPSA) is 76.9 Å². The highest BCUT2D eigenvalue weighted by Gasteiger charge is 2.49. The van der Waals surface area contributed by atoms with Gasteiger partial charge in [-0.3, -0.25) is 14.3 Å². The summed E-state index contributed by atoms with van der Waals surface area (Å²) in [7, 11) is 3.22. The zero-order valence-electron chi connectivity index (χ0n) is 17.5. The molecule has 2 fully saturated rings. The van der Waals surface area contributed by atoms with Crippen molar-refractivity contribution >= 4 is 11.8 Å². The van der Waals surface area contributed by atoms with E-state index in [2.05, 4.69) is 5.10 Å². The Kier molecular flexibility index (Phi) is 5.65. The van der Waals surface area contributed by atoms with Gasteiger partial charge in [-0.25, -0.2) is 0 Å². The van der Waals surface area contributed by atoms with Crippen LogP contribution in [0.15, 0.2) is 36.7 Å². The molecule has 2 aromatic rings. The summed E-state index contributed by atoms with van der Waals surface area (Å²) in [5.74, 6) is 1.46. The number of hydrogen-bond acceptors (Lipinski definition) is 5. The van der Waals surface area contributed by atoms with Gasteiger partial charge in [0.25, 0.3) is 0 Å². The van der Waals surface area contributed by atoms with Crippen LogP contribution >= 0.6 is 0 Å². The number of para-hydroxylation sites is 1. The maximum absolute atomic E-state index is 13.5. The third kappa shape index (κ3) is 3.74. The summed E-state index contributed by atoms with van der Waals surface area (Å²) in [6.45, 7) is 2.49. The third-order valence-corrected chi connectivity index (χ3v) is 6.23. The summed E-state index contributed by atoms with van der Waals surface area (Å²) in [5.41, 5.74) is 0.441. The van der Waals surface area contributed by atoms with Gasteiger partial charge in [0, 0.05) is 44.1 Å². The number of likely N-dealkylation sites (tertiary alicyclic amines) is 2. The lowest BCUT2D eigenvalue weighted by molar-refractivity contribution is -0.147. The highest BCUT2D eigenvalue weighted by atomic mass is 16.5. The lowest BCUT2D eigenvalue weighted by Gasteiger charge is -2.39. The number of piperidine rings is 1. The molecule has 1 aromatic heterocycles. The molecule has 0 unspecified atom stereocenters. The molecule has 0 bridgehead atoms. The molecular weight excluding hydrogens is 384 g/mol. The molecule has 2 amide bonds. The van der Waals surface area contributed by atoms with E-state index < -0.39 is 5.41 Å². The summed E-state index contributed by atoms with van der Waals surface area (Å²) in [6.07, 6.45) is 5.90. The van der Waals surface area contributed by atoms with E-state index in [-0.39, 0.29) is 18.4 Å². The Bertz CT molecular complexity index is 914. The maximum Gasteiger partial charge on any atom is 0.244 e. The van der Waals surface area contributed by atoms with E-state index in [0.29, 0.717) is 44.1 Å². The fourth-order valence-electron chi connectivity index (χ4n) is 4.68. The number of hydrogen-bond donors (Lipinski definition) is 0. The van der Waals surface area contributed by atoms with Crippen LogP contribution in [0.1, 0.15) is 24.8 Å². The number of carbonyl (C=O) groups is 2. The number of carbonyl (C=O) groups excluding carboxylic acids is 2. The van der Waals surface area contributed by atoms with Crippen molar-refractivity contribution in [3.8, 4) is 11.5 Å². The van der Waals surface area contributed by atoms with Crippen molar-refractivity contribution in [3.05, 3.63) is 42.2 Å². The summed E-state index contributed by atoms with van der Waals surface area (Å²) in [5, 5.41) is 4.11. The zero-order valence-corrected chi connectivity index (χ0v) is 17.5. The van der Waals surface area contributed by atoms with Gasteiger partial charge in [-0.1, -0.05) is 12.1 Å². The molecule has 30 heavy (non-hydrogen) atoms. The van der Waals surface area contributed by atoms with Crippen molar-refractivity contribution in [2.45, 2.75) is 32.4 Å². The predicted octanol–water partition coefficient (Wildman–Crippen LogP) is 1.94. The van der Waals surface area contributed by atoms with Crippen molar-refractivity contribution in [1.82, 2.24) is 19.6 Å². The Morgan fingerprint density at radius 2 is 2.03 bits per heavy atom. The number of aromatic nitrogens is 2. The van der Waals surface area contributed by atoms with Crippen LogP contribution in [0.5, 0.6) is 11.5 Å². The van der Waals surface area contributed by atoms with Gasteiger partial charge in [0.2, 0.25) is 11.8 Å². The molecule has 0 aliphatic carbocycles. The number of ether oxygens (including phenoxy) is 2. The van der Waals surface area contributed by atoms with E-state index >= 15 is 0 Å². The standard InChI is InChI=1S/C22H28N4O4/c1-29-18-7-3-6-17(20(18)30-2)14-24-11-4-8-22(21(24)28)9-13-25(16-22)19(27)15-26-12-5-10-23-26/h3,5-7,10,12H,4,8-9,11,13-16H2,1-2H3/t22-/m0/s1. The molecule has 4 rings (SSSR count). The normalized spacial score (nSPS) is 21.3. The average Bonchev–Trinajstić information content (AvgIpc) is 3.42. The predicted molar refractivity (Wildman–Crippen MR) is 110 cm³/mol. The van der Waals surface area contributed by atoms with Crippen LogP contribution in [0.2, 0.25) is 0 Å². The molecule has 2 aliphatic heterocycles. The van der Waals surface area contributed by atoms with E-state index in [1.54, 1.807) is 37.4 Å².